The Morgan fingerprint density at radius 3 is 2.25 bits per heavy atom. The van der Waals surface area contributed by atoms with Crippen LogP contribution in [0.3, 0.4) is 0 Å². The van der Waals surface area contributed by atoms with E-state index in [1.165, 1.54) is 58.0 Å². The van der Waals surface area contributed by atoms with Gasteiger partial charge in [-0.15, -0.1) is 0 Å². The molecule has 0 aromatic heterocycles. The van der Waals surface area contributed by atoms with Gasteiger partial charge in [-0.1, -0.05) is 33.6 Å². The molecule has 116 valence electrons. The van der Waals surface area contributed by atoms with Crippen LogP contribution in [0.1, 0.15) is 65.7 Å². The zero-order valence-electron chi connectivity index (χ0n) is 13.8. The van der Waals surface area contributed by atoms with E-state index in [2.05, 4.69) is 31.0 Å². The van der Waals surface area contributed by atoms with E-state index in [0.29, 0.717) is 0 Å². The maximum Gasteiger partial charge on any atom is 0.0200 e. The van der Waals surface area contributed by atoms with Crippen molar-refractivity contribution in [1.82, 2.24) is 10.2 Å². The molecule has 1 heterocycles. The molecule has 1 aliphatic heterocycles. The summed E-state index contributed by atoms with van der Waals surface area (Å²) in [5.74, 6) is 2.71. The molecule has 0 bridgehead atoms. The third-order valence-electron chi connectivity index (χ3n) is 6.15. The van der Waals surface area contributed by atoms with Crippen molar-refractivity contribution < 1.29 is 0 Å². The second-order valence-corrected chi connectivity index (χ2v) is 8.27. The van der Waals surface area contributed by atoms with Crippen LogP contribution >= 0.6 is 0 Å². The van der Waals surface area contributed by atoms with Crippen molar-refractivity contribution in [3.8, 4) is 0 Å². The summed E-state index contributed by atoms with van der Waals surface area (Å²) in [6, 6.07) is 2.49. The van der Waals surface area contributed by atoms with Crippen molar-refractivity contribution in [2.45, 2.75) is 83.8 Å². The Morgan fingerprint density at radius 1 is 0.950 bits per heavy atom. The highest BCUT2D eigenvalue weighted by Gasteiger charge is 2.37. The van der Waals surface area contributed by atoms with E-state index in [1.54, 1.807) is 0 Å². The van der Waals surface area contributed by atoms with Gasteiger partial charge in [-0.2, -0.15) is 0 Å². The molecule has 2 aliphatic carbocycles. The number of nitrogens with zero attached hydrogens (tertiary/aromatic N) is 1. The summed E-state index contributed by atoms with van der Waals surface area (Å²) in [4.78, 5) is 2.83. The monoisotopic (exact) mass is 278 g/mol. The normalized spacial score (nSPS) is 40.2. The third-order valence-corrected chi connectivity index (χ3v) is 6.15. The quantitative estimate of drug-likeness (QED) is 0.844. The van der Waals surface area contributed by atoms with Gasteiger partial charge in [-0.3, -0.25) is 4.90 Å². The van der Waals surface area contributed by atoms with Gasteiger partial charge in [0, 0.05) is 31.2 Å². The highest BCUT2D eigenvalue weighted by Crippen LogP contribution is 2.35. The molecule has 2 atom stereocenters. The van der Waals surface area contributed by atoms with E-state index < -0.39 is 0 Å². The number of likely N-dealkylation sites (tertiary alicyclic amines) is 1. The lowest BCUT2D eigenvalue weighted by atomic mass is 9.77. The zero-order valence-corrected chi connectivity index (χ0v) is 13.8. The number of hydrogen-bond acceptors (Lipinski definition) is 2. The van der Waals surface area contributed by atoms with Crippen molar-refractivity contribution >= 4 is 0 Å². The highest BCUT2D eigenvalue weighted by atomic mass is 15.2. The van der Waals surface area contributed by atoms with Crippen molar-refractivity contribution in [3.05, 3.63) is 0 Å². The van der Waals surface area contributed by atoms with Crippen LogP contribution in [0.25, 0.3) is 0 Å². The van der Waals surface area contributed by atoms with Crippen LogP contribution in [0.15, 0.2) is 0 Å². The third kappa shape index (κ3) is 3.39. The lowest BCUT2D eigenvalue weighted by molar-refractivity contribution is 0.0214. The molecular formula is C18H34N2. The Balaban J connectivity index is 1.57. The molecule has 0 radical (unpaired) electrons. The van der Waals surface area contributed by atoms with Gasteiger partial charge in [-0.05, 0) is 49.9 Å². The van der Waals surface area contributed by atoms with Gasteiger partial charge in [0.2, 0.25) is 0 Å². The number of rotatable bonds is 4. The minimum Gasteiger partial charge on any atom is -0.310 e. The zero-order chi connectivity index (χ0) is 14.1. The molecule has 0 aromatic rings. The maximum atomic E-state index is 4.01. The molecule has 3 fully saturated rings. The van der Waals surface area contributed by atoms with E-state index in [9.17, 15) is 0 Å². The van der Waals surface area contributed by atoms with E-state index in [-0.39, 0.29) is 0 Å². The summed E-state index contributed by atoms with van der Waals surface area (Å²) in [5, 5.41) is 4.01. The Labute approximate surface area is 125 Å². The summed E-state index contributed by atoms with van der Waals surface area (Å²) in [6.45, 7) is 9.93. The Hall–Kier alpha value is -0.0800. The second kappa shape index (κ2) is 6.36. The Kier molecular flexibility index (Phi) is 4.72. The minimum atomic E-state index is 0.759. The molecule has 2 nitrogen and oxygen atoms in total. The summed E-state index contributed by atoms with van der Waals surface area (Å²) < 4.78 is 0. The first-order valence-electron chi connectivity index (χ1n) is 9.12. The van der Waals surface area contributed by atoms with Crippen molar-refractivity contribution in [1.29, 1.82) is 0 Å². The summed E-state index contributed by atoms with van der Waals surface area (Å²) in [6.07, 6.45) is 10.0. The standard InChI is InChI=1S/C18H34N2/c1-13(2)15-10-17(19-16-6-4-5-7-16)12-20(11-15)18-8-14(3)9-18/h13-19H,4-12H2,1-3H3. The van der Waals surface area contributed by atoms with Crippen LogP contribution in [-0.2, 0) is 0 Å². The lowest BCUT2D eigenvalue weighted by Crippen LogP contribution is -2.57. The first-order valence-corrected chi connectivity index (χ1v) is 9.12. The van der Waals surface area contributed by atoms with Gasteiger partial charge in [0.1, 0.15) is 0 Å². The highest BCUT2D eigenvalue weighted by molar-refractivity contribution is 4.93. The second-order valence-electron chi connectivity index (χ2n) is 8.27. The number of nitrogens with one attached hydrogen (secondary N) is 1. The molecule has 2 heteroatoms. The van der Waals surface area contributed by atoms with Crippen LogP contribution < -0.4 is 5.32 Å². The fourth-order valence-corrected chi connectivity index (χ4v) is 4.66. The van der Waals surface area contributed by atoms with E-state index in [1.807, 2.05) is 0 Å². The minimum absolute atomic E-state index is 0.759. The Bertz CT molecular complexity index is 301. The smallest absolute Gasteiger partial charge is 0.0200 e. The fraction of sp³-hybridized carbons (Fsp3) is 1.00. The Morgan fingerprint density at radius 2 is 1.65 bits per heavy atom. The SMILES string of the molecule is CC1CC(N2CC(NC3CCCC3)CC(C(C)C)C2)C1. The molecule has 3 rings (SSSR count). The van der Waals surface area contributed by atoms with Crippen LogP contribution in [-0.4, -0.2) is 36.1 Å². The average Bonchev–Trinajstić information content (AvgIpc) is 2.87. The maximum absolute atomic E-state index is 4.01. The lowest BCUT2D eigenvalue weighted by Gasteiger charge is -2.49. The molecule has 20 heavy (non-hydrogen) atoms. The van der Waals surface area contributed by atoms with Gasteiger partial charge >= 0.3 is 0 Å². The van der Waals surface area contributed by atoms with E-state index in [0.717, 1.165) is 35.9 Å². The van der Waals surface area contributed by atoms with Crippen LogP contribution in [0.4, 0.5) is 0 Å². The molecule has 2 saturated carbocycles. The molecule has 0 aromatic carbocycles. The van der Waals surface area contributed by atoms with Crippen molar-refractivity contribution in [2.24, 2.45) is 17.8 Å². The van der Waals surface area contributed by atoms with Crippen molar-refractivity contribution in [2.75, 3.05) is 13.1 Å². The molecule has 2 unspecified atom stereocenters. The first kappa shape index (κ1) is 14.8. The number of hydrogen-bond donors (Lipinski definition) is 1. The molecule has 0 spiro atoms. The van der Waals surface area contributed by atoms with Gasteiger partial charge < -0.3 is 5.32 Å². The van der Waals surface area contributed by atoms with Crippen molar-refractivity contribution in [3.63, 3.8) is 0 Å². The van der Waals surface area contributed by atoms with Crippen LogP contribution in [0.5, 0.6) is 0 Å². The summed E-state index contributed by atoms with van der Waals surface area (Å²) in [7, 11) is 0. The van der Waals surface area contributed by atoms with Gasteiger partial charge in [0.15, 0.2) is 0 Å². The van der Waals surface area contributed by atoms with Crippen LogP contribution in [0.2, 0.25) is 0 Å². The molecule has 1 N–H and O–H groups in total. The van der Waals surface area contributed by atoms with Gasteiger partial charge in [-0.25, -0.2) is 0 Å². The van der Waals surface area contributed by atoms with Gasteiger partial charge in [0.05, 0.1) is 0 Å². The topological polar surface area (TPSA) is 15.3 Å². The number of piperidine rings is 1. The summed E-state index contributed by atoms with van der Waals surface area (Å²) >= 11 is 0. The largest absolute Gasteiger partial charge is 0.310 e. The van der Waals surface area contributed by atoms with Crippen LogP contribution in [0, 0.1) is 17.8 Å². The fourth-order valence-electron chi connectivity index (χ4n) is 4.66. The summed E-state index contributed by atoms with van der Waals surface area (Å²) in [5.41, 5.74) is 0. The van der Waals surface area contributed by atoms with Gasteiger partial charge in [0.25, 0.3) is 0 Å². The molecule has 1 saturated heterocycles. The first-order chi connectivity index (χ1) is 9.61. The molecule has 3 aliphatic rings. The predicted molar refractivity (Wildman–Crippen MR) is 85.9 cm³/mol. The molecular weight excluding hydrogens is 244 g/mol. The molecule has 0 amide bonds. The van der Waals surface area contributed by atoms with E-state index in [4.69, 9.17) is 0 Å². The predicted octanol–water partition coefficient (Wildman–Crippen LogP) is 3.66. The van der Waals surface area contributed by atoms with E-state index >= 15 is 0 Å². The average molecular weight is 278 g/mol.